The predicted octanol–water partition coefficient (Wildman–Crippen LogP) is 2.34. The van der Waals surface area contributed by atoms with Gasteiger partial charge in [-0.25, -0.2) is 4.79 Å². The summed E-state index contributed by atoms with van der Waals surface area (Å²) in [7, 11) is 0. The smallest absolute Gasteiger partial charge is 0.317 e. The van der Waals surface area contributed by atoms with Crippen molar-refractivity contribution >= 4 is 17.8 Å². The van der Waals surface area contributed by atoms with Gasteiger partial charge in [0.1, 0.15) is 0 Å². The number of amides is 4. The van der Waals surface area contributed by atoms with Gasteiger partial charge in [-0.05, 0) is 50.3 Å². The highest BCUT2D eigenvalue weighted by Crippen LogP contribution is 2.27. The molecule has 2 aliphatic heterocycles. The lowest BCUT2D eigenvalue weighted by Gasteiger charge is -2.33. The Hall–Kier alpha value is -2.57. The zero-order valence-electron chi connectivity index (χ0n) is 17.3. The molecule has 2 aliphatic rings. The molecule has 2 heterocycles. The summed E-state index contributed by atoms with van der Waals surface area (Å²) in [6, 6.07) is 7.72. The van der Waals surface area contributed by atoms with Gasteiger partial charge < -0.3 is 20.4 Å². The minimum absolute atomic E-state index is 0.0115. The second-order valence-corrected chi connectivity index (χ2v) is 7.84. The molecule has 0 radical (unpaired) electrons. The summed E-state index contributed by atoms with van der Waals surface area (Å²) in [6.45, 7) is 6.11. The molecular weight excluding hydrogens is 368 g/mol. The van der Waals surface area contributed by atoms with E-state index >= 15 is 0 Å². The number of benzene rings is 1. The van der Waals surface area contributed by atoms with Crippen molar-refractivity contribution in [1.82, 2.24) is 20.4 Å². The molecule has 0 saturated carbocycles. The molecule has 1 aromatic rings. The van der Waals surface area contributed by atoms with Gasteiger partial charge in [-0.2, -0.15) is 0 Å². The lowest BCUT2D eigenvalue weighted by atomic mass is 9.89. The Bertz CT molecular complexity index is 737. The largest absolute Gasteiger partial charge is 0.352 e. The first-order valence-corrected chi connectivity index (χ1v) is 10.8. The van der Waals surface area contributed by atoms with Crippen molar-refractivity contribution in [2.24, 2.45) is 0 Å². The fourth-order valence-corrected chi connectivity index (χ4v) is 4.14. The summed E-state index contributed by atoms with van der Waals surface area (Å²) in [5.41, 5.74) is 1.75. The summed E-state index contributed by atoms with van der Waals surface area (Å²) in [5, 5.41) is 5.83. The average molecular weight is 401 g/mol. The number of rotatable bonds is 7. The van der Waals surface area contributed by atoms with Crippen LogP contribution >= 0.6 is 0 Å². The first kappa shape index (κ1) is 21.1. The third kappa shape index (κ3) is 5.71. The molecule has 4 amide bonds. The quantitative estimate of drug-likeness (QED) is 0.690. The minimum Gasteiger partial charge on any atom is -0.352 e. The molecule has 158 valence electrons. The van der Waals surface area contributed by atoms with Crippen LogP contribution < -0.4 is 10.6 Å². The van der Waals surface area contributed by atoms with E-state index in [0.29, 0.717) is 38.2 Å². The molecule has 0 aliphatic carbocycles. The topological polar surface area (TPSA) is 81.8 Å². The van der Waals surface area contributed by atoms with Crippen LogP contribution in [0, 0.1) is 0 Å². The lowest BCUT2D eigenvalue weighted by molar-refractivity contribution is -0.127. The number of hydrogen-bond acceptors (Lipinski definition) is 3. The Balaban J connectivity index is 1.51. The Labute approximate surface area is 172 Å². The van der Waals surface area contributed by atoms with Gasteiger partial charge in [0.25, 0.3) is 5.91 Å². The van der Waals surface area contributed by atoms with E-state index in [1.807, 2.05) is 41.0 Å². The van der Waals surface area contributed by atoms with Gasteiger partial charge in [0.15, 0.2) is 0 Å². The summed E-state index contributed by atoms with van der Waals surface area (Å²) >= 11 is 0. The van der Waals surface area contributed by atoms with Gasteiger partial charge in [0.05, 0.1) is 0 Å². The van der Waals surface area contributed by atoms with Crippen molar-refractivity contribution < 1.29 is 14.4 Å². The minimum atomic E-state index is -0.0870. The molecule has 0 spiro atoms. The molecular formula is C22H32N4O3. The van der Waals surface area contributed by atoms with Crippen molar-refractivity contribution in [3.8, 4) is 0 Å². The normalized spacial score (nSPS) is 19.3. The van der Waals surface area contributed by atoms with E-state index in [1.165, 1.54) is 0 Å². The van der Waals surface area contributed by atoms with Crippen molar-refractivity contribution in [3.05, 3.63) is 35.4 Å². The first-order valence-electron chi connectivity index (χ1n) is 10.8. The van der Waals surface area contributed by atoms with Crippen LogP contribution in [0.25, 0.3) is 0 Å². The maximum Gasteiger partial charge on any atom is 0.317 e. The van der Waals surface area contributed by atoms with Gasteiger partial charge >= 0.3 is 6.03 Å². The van der Waals surface area contributed by atoms with Crippen molar-refractivity contribution in [2.75, 3.05) is 39.3 Å². The number of urea groups is 1. The fraction of sp³-hybridized carbons (Fsp3) is 0.591. The molecule has 7 nitrogen and oxygen atoms in total. The van der Waals surface area contributed by atoms with Crippen molar-refractivity contribution in [1.29, 1.82) is 0 Å². The molecule has 7 heteroatoms. The van der Waals surface area contributed by atoms with Crippen LogP contribution in [-0.4, -0.2) is 66.9 Å². The van der Waals surface area contributed by atoms with Crippen LogP contribution in [0.5, 0.6) is 0 Å². The van der Waals surface area contributed by atoms with Crippen LogP contribution in [0.2, 0.25) is 0 Å². The standard InChI is InChI=1S/C22H32N4O3/c1-2-23-22(29)26-13-4-9-19(16-26)17-7-3-8-18(15-17)21(28)24-11-6-14-25-12-5-10-20(25)27/h3,7-8,15,19H,2,4-6,9-14,16H2,1H3,(H,23,29)(H,24,28). The Morgan fingerprint density at radius 1 is 1.17 bits per heavy atom. The molecule has 0 bridgehead atoms. The lowest BCUT2D eigenvalue weighted by Crippen LogP contribution is -2.44. The zero-order valence-corrected chi connectivity index (χ0v) is 17.3. The van der Waals surface area contributed by atoms with Crippen molar-refractivity contribution in [2.45, 2.75) is 44.9 Å². The van der Waals surface area contributed by atoms with E-state index < -0.39 is 0 Å². The van der Waals surface area contributed by atoms with Crippen LogP contribution in [0.3, 0.4) is 0 Å². The van der Waals surface area contributed by atoms with E-state index in [4.69, 9.17) is 0 Å². The number of piperidine rings is 1. The van der Waals surface area contributed by atoms with Crippen LogP contribution in [-0.2, 0) is 4.79 Å². The first-order chi connectivity index (χ1) is 14.1. The van der Waals surface area contributed by atoms with Crippen LogP contribution in [0.15, 0.2) is 24.3 Å². The van der Waals surface area contributed by atoms with Gasteiger partial charge in [0, 0.05) is 57.2 Å². The Kier molecular flexibility index (Phi) is 7.49. The van der Waals surface area contributed by atoms with Gasteiger partial charge in [-0.3, -0.25) is 9.59 Å². The number of nitrogens with zero attached hydrogens (tertiary/aromatic N) is 2. The third-order valence-corrected chi connectivity index (χ3v) is 5.72. The van der Waals surface area contributed by atoms with Gasteiger partial charge in [-0.15, -0.1) is 0 Å². The Morgan fingerprint density at radius 3 is 2.79 bits per heavy atom. The second kappa shape index (κ2) is 10.3. The number of likely N-dealkylation sites (tertiary alicyclic amines) is 2. The molecule has 29 heavy (non-hydrogen) atoms. The second-order valence-electron chi connectivity index (χ2n) is 7.84. The SMILES string of the molecule is CCNC(=O)N1CCCC(c2cccc(C(=O)NCCCN3CCCC3=O)c2)C1. The van der Waals surface area contributed by atoms with E-state index in [-0.39, 0.29) is 23.8 Å². The number of carbonyl (C=O) groups excluding carboxylic acids is 3. The highest BCUT2D eigenvalue weighted by Gasteiger charge is 2.25. The summed E-state index contributed by atoms with van der Waals surface area (Å²) in [4.78, 5) is 40.0. The summed E-state index contributed by atoms with van der Waals surface area (Å²) in [6.07, 6.45) is 4.34. The van der Waals surface area contributed by atoms with Gasteiger partial charge in [-0.1, -0.05) is 12.1 Å². The molecule has 1 aromatic carbocycles. The van der Waals surface area contributed by atoms with E-state index in [9.17, 15) is 14.4 Å². The monoisotopic (exact) mass is 400 g/mol. The van der Waals surface area contributed by atoms with Crippen molar-refractivity contribution in [3.63, 3.8) is 0 Å². The molecule has 0 aromatic heterocycles. The number of nitrogens with one attached hydrogen (secondary N) is 2. The summed E-state index contributed by atoms with van der Waals surface area (Å²) in [5.74, 6) is 0.384. The Morgan fingerprint density at radius 2 is 2.03 bits per heavy atom. The molecule has 2 N–H and O–H groups in total. The van der Waals surface area contributed by atoms with Gasteiger partial charge in [0.2, 0.25) is 5.91 Å². The highest BCUT2D eigenvalue weighted by molar-refractivity contribution is 5.94. The molecule has 3 rings (SSSR count). The maximum atomic E-state index is 12.5. The molecule has 1 unspecified atom stereocenters. The summed E-state index contributed by atoms with van der Waals surface area (Å²) < 4.78 is 0. The number of hydrogen-bond donors (Lipinski definition) is 2. The van der Waals surface area contributed by atoms with Crippen LogP contribution in [0.1, 0.15) is 60.9 Å². The predicted molar refractivity (Wildman–Crippen MR) is 112 cm³/mol. The zero-order chi connectivity index (χ0) is 20.6. The number of carbonyl (C=O) groups is 3. The highest BCUT2D eigenvalue weighted by atomic mass is 16.2. The van der Waals surface area contributed by atoms with Crippen LogP contribution in [0.4, 0.5) is 4.79 Å². The van der Waals surface area contributed by atoms with E-state index in [2.05, 4.69) is 10.6 Å². The third-order valence-electron chi connectivity index (χ3n) is 5.72. The maximum absolute atomic E-state index is 12.5. The molecule has 1 atom stereocenters. The van der Waals surface area contributed by atoms with E-state index in [0.717, 1.165) is 44.3 Å². The van der Waals surface area contributed by atoms with E-state index in [1.54, 1.807) is 0 Å². The molecule has 2 fully saturated rings. The average Bonchev–Trinajstić information content (AvgIpc) is 3.16. The fourth-order valence-electron chi connectivity index (χ4n) is 4.14. The molecule has 2 saturated heterocycles.